The number of aliphatic hydroxyl groups is 1. The zero-order valence-corrected chi connectivity index (χ0v) is 17.3. The Balaban J connectivity index is 1.41. The predicted molar refractivity (Wildman–Crippen MR) is 113 cm³/mol. The molecule has 2 aliphatic rings. The van der Waals surface area contributed by atoms with Crippen LogP contribution < -0.4 is 15.5 Å². The Kier molecular flexibility index (Phi) is 5.68. The molecule has 0 saturated carbocycles. The van der Waals surface area contributed by atoms with Crippen LogP contribution in [0.3, 0.4) is 0 Å². The van der Waals surface area contributed by atoms with Crippen molar-refractivity contribution < 1.29 is 23.9 Å². The van der Waals surface area contributed by atoms with Crippen LogP contribution in [0.2, 0.25) is 5.02 Å². The van der Waals surface area contributed by atoms with E-state index in [2.05, 4.69) is 10.6 Å². The van der Waals surface area contributed by atoms with Crippen molar-refractivity contribution in [3.05, 3.63) is 58.4 Å². The van der Waals surface area contributed by atoms with Crippen LogP contribution in [0, 0.1) is 5.82 Å². The van der Waals surface area contributed by atoms with E-state index >= 15 is 0 Å². The van der Waals surface area contributed by atoms with Crippen LogP contribution in [0.1, 0.15) is 24.0 Å². The summed E-state index contributed by atoms with van der Waals surface area (Å²) < 4.78 is 13.4. The Morgan fingerprint density at radius 3 is 2.81 bits per heavy atom. The first-order valence-corrected chi connectivity index (χ1v) is 10.3. The molecule has 2 aliphatic heterocycles. The maximum Gasteiger partial charge on any atom is 0.268 e. The van der Waals surface area contributed by atoms with Crippen LogP contribution >= 0.6 is 11.6 Å². The fraction of sp³-hybridized carbons (Fsp3) is 0.318. The van der Waals surface area contributed by atoms with Crippen molar-refractivity contribution in [2.24, 2.45) is 0 Å². The molecular weight excluding hydrogens is 425 g/mol. The number of rotatable bonds is 5. The molecule has 1 atom stereocenters. The van der Waals surface area contributed by atoms with Gasteiger partial charge in [-0.05, 0) is 60.4 Å². The van der Waals surface area contributed by atoms with Crippen LogP contribution in [0.25, 0.3) is 0 Å². The molecule has 4 rings (SSSR count). The Bertz CT molecular complexity index is 1060. The van der Waals surface area contributed by atoms with Gasteiger partial charge in [-0.25, -0.2) is 4.39 Å². The van der Waals surface area contributed by atoms with Crippen molar-refractivity contribution in [1.82, 2.24) is 5.32 Å². The zero-order valence-electron chi connectivity index (χ0n) is 16.6. The van der Waals surface area contributed by atoms with Gasteiger partial charge in [0, 0.05) is 42.3 Å². The average Bonchev–Trinajstić information content (AvgIpc) is 3.03. The lowest BCUT2D eigenvalue weighted by atomic mass is 10.0. The lowest BCUT2D eigenvalue weighted by Gasteiger charge is -2.23. The number of carbonyl (C=O) groups excluding carboxylic acids is 3. The lowest BCUT2D eigenvalue weighted by molar-refractivity contribution is -0.149. The standard InChI is InChI=1S/C22H21ClFN3O4/c23-15-9-13(10-16(24)12-15)5-7-25-20(29)22(31)6-8-27(21(22)30)17-2-3-18-14(11-17)1-4-19(28)26-18/h2-3,9-12,31H,1,4-8H2,(H,25,29)(H,26,28). The van der Waals surface area contributed by atoms with Gasteiger partial charge in [0.15, 0.2) is 0 Å². The predicted octanol–water partition coefficient (Wildman–Crippen LogP) is 2.19. The summed E-state index contributed by atoms with van der Waals surface area (Å²) in [5.74, 6) is -2.01. The molecule has 0 radical (unpaired) electrons. The molecule has 1 saturated heterocycles. The van der Waals surface area contributed by atoms with Gasteiger partial charge in [0.2, 0.25) is 11.5 Å². The minimum Gasteiger partial charge on any atom is -0.372 e. The minimum atomic E-state index is -2.16. The van der Waals surface area contributed by atoms with Gasteiger partial charge in [-0.3, -0.25) is 14.4 Å². The highest BCUT2D eigenvalue weighted by atomic mass is 35.5. The van der Waals surface area contributed by atoms with Crippen LogP contribution in [-0.2, 0) is 27.2 Å². The molecule has 0 bridgehead atoms. The first-order chi connectivity index (χ1) is 14.8. The summed E-state index contributed by atoms with van der Waals surface area (Å²) in [7, 11) is 0. The topological polar surface area (TPSA) is 98.7 Å². The molecule has 3 N–H and O–H groups in total. The average molecular weight is 446 g/mol. The molecule has 31 heavy (non-hydrogen) atoms. The van der Waals surface area contributed by atoms with Crippen molar-refractivity contribution in [1.29, 1.82) is 0 Å². The van der Waals surface area contributed by atoms with Crippen LogP contribution in [0.5, 0.6) is 0 Å². The van der Waals surface area contributed by atoms with Gasteiger partial charge < -0.3 is 20.6 Å². The number of benzene rings is 2. The maximum absolute atomic E-state index is 13.4. The number of nitrogens with one attached hydrogen (secondary N) is 2. The van der Waals surface area contributed by atoms with E-state index < -0.39 is 23.2 Å². The van der Waals surface area contributed by atoms with Crippen LogP contribution in [0.4, 0.5) is 15.8 Å². The van der Waals surface area contributed by atoms with Gasteiger partial charge in [-0.15, -0.1) is 0 Å². The minimum absolute atomic E-state index is 0.0444. The summed E-state index contributed by atoms with van der Waals surface area (Å²) in [4.78, 5) is 38.4. The monoisotopic (exact) mass is 445 g/mol. The number of hydrogen-bond donors (Lipinski definition) is 3. The lowest BCUT2D eigenvalue weighted by Crippen LogP contribution is -2.52. The SMILES string of the molecule is O=C1CCc2cc(N3CCC(O)(C(=O)NCCc4cc(F)cc(Cl)c4)C3=O)ccc2N1. The molecule has 2 aromatic rings. The summed E-state index contributed by atoms with van der Waals surface area (Å²) in [6.07, 6.45) is 1.18. The van der Waals surface area contributed by atoms with Crippen LogP contribution in [-0.4, -0.2) is 41.5 Å². The Labute approximate surface area is 183 Å². The fourth-order valence-corrected chi connectivity index (χ4v) is 4.17. The summed E-state index contributed by atoms with van der Waals surface area (Å²) in [5, 5.41) is 16.4. The molecule has 0 spiro atoms. The van der Waals surface area contributed by atoms with Gasteiger partial charge in [-0.2, -0.15) is 0 Å². The summed E-state index contributed by atoms with van der Waals surface area (Å²) in [5.41, 5.74) is 0.607. The molecule has 162 valence electrons. The molecular formula is C22H21ClFN3O4. The number of hydrogen-bond acceptors (Lipinski definition) is 4. The van der Waals surface area contributed by atoms with Gasteiger partial charge in [-0.1, -0.05) is 11.6 Å². The van der Waals surface area contributed by atoms with Crippen molar-refractivity contribution in [3.63, 3.8) is 0 Å². The third kappa shape index (κ3) is 4.26. The van der Waals surface area contributed by atoms with E-state index in [1.165, 1.54) is 17.0 Å². The molecule has 1 fully saturated rings. The van der Waals surface area contributed by atoms with E-state index in [4.69, 9.17) is 11.6 Å². The normalized spacial score (nSPS) is 20.4. The number of fused-ring (bicyclic) bond motifs is 1. The second-order valence-corrected chi connectivity index (χ2v) is 8.18. The van der Waals surface area contributed by atoms with Crippen molar-refractivity contribution in [2.75, 3.05) is 23.3 Å². The number of aryl methyl sites for hydroxylation is 1. The first kappa shape index (κ1) is 21.3. The summed E-state index contributed by atoms with van der Waals surface area (Å²) >= 11 is 5.82. The molecule has 2 aromatic carbocycles. The van der Waals surface area contributed by atoms with Crippen molar-refractivity contribution in [2.45, 2.75) is 31.3 Å². The second-order valence-electron chi connectivity index (χ2n) is 7.74. The van der Waals surface area contributed by atoms with Gasteiger partial charge in [0.05, 0.1) is 0 Å². The van der Waals surface area contributed by atoms with E-state index in [1.54, 1.807) is 24.3 Å². The highest BCUT2D eigenvalue weighted by Crippen LogP contribution is 2.32. The number of carbonyl (C=O) groups is 3. The van der Waals surface area contributed by atoms with Gasteiger partial charge in [0.1, 0.15) is 5.82 Å². The third-order valence-corrected chi connectivity index (χ3v) is 5.81. The highest BCUT2D eigenvalue weighted by Gasteiger charge is 2.51. The molecule has 0 aliphatic carbocycles. The van der Waals surface area contributed by atoms with Crippen LogP contribution in [0.15, 0.2) is 36.4 Å². The smallest absolute Gasteiger partial charge is 0.268 e. The van der Waals surface area contributed by atoms with E-state index in [0.717, 1.165) is 5.56 Å². The zero-order chi connectivity index (χ0) is 22.2. The third-order valence-electron chi connectivity index (χ3n) is 5.59. The van der Waals surface area contributed by atoms with Gasteiger partial charge in [0.25, 0.3) is 11.8 Å². The van der Waals surface area contributed by atoms with E-state index in [-0.39, 0.29) is 30.4 Å². The maximum atomic E-state index is 13.4. The highest BCUT2D eigenvalue weighted by molar-refractivity contribution is 6.30. The molecule has 9 heteroatoms. The number of nitrogens with zero attached hydrogens (tertiary/aromatic N) is 1. The molecule has 0 aromatic heterocycles. The van der Waals surface area contributed by atoms with Crippen molar-refractivity contribution >= 4 is 40.7 Å². The number of halogens is 2. The van der Waals surface area contributed by atoms with E-state index in [1.807, 2.05) is 0 Å². The molecule has 2 heterocycles. The van der Waals surface area contributed by atoms with Crippen molar-refractivity contribution in [3.8, 4) is 0 Å². The fourth-order valence-electron chi connectivity index (χ4n) is 3.92. The first-order valence-electron chi connectivity index (χ1n) is 9.97. The van der Waals surface area contributed by atoms with E-state index in [0.29, 0.717) is 36.2 Å². The molecule has 7 nitrogen and oxygen atoms in total. The molecule has 1 unspecified atom stereocenters. The Hall–Kier alpha value is -2.97. The second kappa shape index (κ2) is 8.28. The number of anilines is 2. The quantitative estimate of drug-likeness (QED) is 0.614. The summed E-state index contributed by atoms with van der Waals surface area (Å²) in [6.45, 7) is 0.306. The van der Waals surface area contributed by atoms with Gasteiger partial charge >= 0.3 is 0 Å². The van der Waals surface area contributed by atoms with E-state index in [9.17, 15) is 23.9 Å². The Morgan fingerprint density at radius 2 is 2.03 bits per heavy atom. The largest absolute Gasteiger partial charge is 0.372 e. The summed E-state index contributed by atoms with van der Waals surface area (Å²) in [6, 6.07) is 9.28. The Morgan fingerprint density at radius 1 is 1.23 bits per heavy atom. The number of amides is 3. The molecule has 3 amide bonds.